The fraction of sp³-hybridized carbons (Fsp3) is 0.222. The van der Waals surface area contributed by atoms with E-state index < -0.39 is 5.92 Å². The van der Waals surface area contributed by atoms with Gasteiger partial charge in [0.1, 0.15) is 5.52 Å². The number of imidazole rings is 1. The summed E-state index contributed by atoms with van der Waals surface area (Å²) in [4.78, 5) is 6.42. The van der Waals surface area contributed by atoms with Gasteiger partial charge >= 0.3 is 5.92 Å². The molecule has 0 aliphatic heterocycles. The third-order valence-electron chi connectivity index (χ3n) is 1.88. The second kappa shape index (κ2) is 3.02. The van der Waals surface area contributed by atoms with Crippen molar-refractivity contribution in [3.8, 4) is 0 Å². The van der Waals surface area contributed by atoms with E-state index in [4.69, 9.17) is 0 Å². The largest absolute Gasteiger partial charge is 0.337 e. The first-order valence-corrected chi connectivity index (χ1v) is 4.80. The predicted octanol–water partition coefficient (Wildman–Crippen LogP) is 3.44. The molecule has 0 radical (unpaired) electrons. The number of benzene rings is 1. The summed E-state index contributed by atoms with van der Waals surface area (Å²) >= 11 is 3.25. The molecule has 0 saturated heterocycles. The number of hydrogen-bond acceptors (Lipinski definition) is 1. The van der Waals surface area contributed by atoms with E-state index >= 15 is 0 Å². The van der Waals surface area contributed by atoms with Gasteiger partial charge in [-0.15, -0.1) is 0 Å². The summed E-state index contributed by atoms with van der Waals surface area (Å²) in [6.45, 7) is 0.818. The highest BCUT2D eigenvalue weighted by Gasteiger charge is 2.28. The molecule has 0 unspecified atom stereocenters. The molecule has 1 aromatic heterocycles. The average Bonchev–Trinajstić information content (AvgIpc) is 2.48. The summed E-state index contributed by atoms with van der Waals surface area (Å²) in [6.07, 6.45) is 0. The topological polar surface area (TPSA) is 28.7 Å². The van der Waals surface area contributed by atoms with Crippen molar-refractivity contribution in [2.45, 2.75) is 12.8 Å². The molecule has 0 spiro atoms. The van der Waals surface area contributed by atoms with Crippen LogP contribution in [0.15, 0.2) is 22.7 Å². The van der Waals surface area contributed by atoms with Crippen molar-refractivity contribution >= 4 is 27.0 Å². The SMILES string of the molecule is CC(F)(F)c1nc2c(Br)cccc2[nH]1. The fourth-order valence-electron chi connectivity index (χ4n) is 1.21. The highest BCUT2D eigenvalue weighted by molar-refractivity contribution is 9.10. The Bertz CT molecular complexity index is 473. The number of fused-ring (bicyclic) bond motifs is 1. The molecule has 0 saturated carbocycles. The van der Waals surface area contributed by atoms with Crippen LogP contribution in [-0.2, 0) is 5.92 Å². The van der Waals surface area contributed by atoms with E-state index in [0.717, 1.165) is 6.92 Å². The first kappa shape index (κ1) is 9.58. The summed E-state index contributed by atoms with van der Waals surface area (Å²) in [5.74, 6) is -3.24. The number of alkyl halides is 2. The quantitative estimate of drug-likeness (QED) is 0.836. The normalized spacial score (nSPS) is 12.3. The molecular formula is C9H7BrF2N2. The number of aromatic amines is 1. The number of hydrogen-bond donors (Lipinski definition) is 1. The molecule has 0 aliphatic carbocycles. The van der Waals surface area contributed by atoms with Crippen molar-refractivity contribution in [3.05, 3.63) is 28.5 Å². The number of nitrogens with zero attached hydrogens (tertiary/aromatic N) is 1. The molecule has 0 aliphatic rings. The van der Waals surface area contributed by atoms with Crippen LogP contribution in [-0.4, -0.2) is 9.97 Å². The minimum absolute atomic E-state index is 0.306. The maximum atomic E-state index is 12.9. The Morgan fingerprint density at radius 2 is 2.14 bits per heavy atom. The van der Waals surface area contributed by atoms with Gasteiger partial charge in [-0.2, -0.15) is 8.78 Å². The lowest BCUT2D eigenvalue weighted by Gasteiger charge is -2.03. The van der Waals surface area contributed by atoms with Gasteiger partial charge in [-0.05, 0) is 28.1 Å². The van der Waals surface area contributed by atoms with Gasteiger partial charge in [0.2, 0.25) is 0 Å². The van der Waals surface area contributed by atoms with Crippen LogP contribution < -0.4 is 0 Å². The Morgan fingerprint density at radius 3 is 2.71 bits per heavy atom. The Morgan fingerprint density at radius 1 is 1.43 bits per heavy atom. The van der Waals surface area contributed by atoms with Crippen LogP contribution in [0.25, 0.3) is 11.0 Å². The van der Waals surface area contributed by atoms with Gasteiger partial charge in [0.05, 0.1) is 5.52 Å². The molecule has 5 heteroatoms. The standard InChI is InChI=1S/C9H7BrF2N2/c1-9(11,12)8-13-6-4-2-3-5(10)7(6)14-8/h2-4H,1H3,(H,13,14). The number of aromatic nitrogens is 2. The van der Waals surface area contributed by atoms with E-state index in [2.05, 4.69) is 25.9 Å². The van der Waals surface area contributed by atoms with Gasteiger partial charge in [-0.25, -0.2) is 4.98 Å². The van der Waals surface area contributed by atoms with Crippen molar-refractivity contribution in [1.29, 1.82) is 0 Å². The zero-order valence-corrected chi connectivity index (χ0v) is 8.90. The van der Waals surface area contributed by atoms with Crippen molar-refractivity contribution in [3.63, 3.8) is 0 Å². The monoisotopic (exact) mass is 260 g/mol. The molecule has 0 amide bonds. The van der Waals surface area contributed by atoms with E-state index in [1.54, 1.807) is 18.2 Å². The lowest BCUT2D eigenvalue weighted by molar-refractivity contribution is 0.00890. The molecule has 0 fully saturated rings. The molecule has 2 aromatic rings. The molecular weight excluding hydrogens is 254 g/mol. The van der Waals surface area contributed by atoms with Crippen LogP contribution in [0.1, 0.15) is 12.7 Å². The number of para-hydroxylation sites is 1. The summed E-state index contributed by atoms with van der Waals surface area (Å²) < 4.78 is 26.5. The highest BCUT2D eigenvalue weighted by Crippen LogP contribution is 2.29. The lowest BCUT2D eigenvalue weighted by atomic mass is 10.3. The van der Waals surface area contributed by atoms with Crippen LogP contribution in [0.4, 0.5) is 8.78 Å². The third-order valence-corrected chi connectivity index (χ3v) is 2.52. The number of H-pyrrole nitrogens is 1. The third kappa shape index (κ3) is 1.52. The second-order valence-corrected chi connectivity index (χ2v) is 3.96. The maximum absolute atomic E-state index is 12.9. The van der Waals surface area contributed by atoms with Crippen LogP contribution in [0, 0.1) is 0 Å². The number of halogens is 3. The van der Waals surface area contributed by atoms with E-state index in [0.29, 0.717) is 15.5 Å². The van der Waals surface area contributed by atoms with E-state index in [9.17, 15) is 8.78 Å². The molecule has 0 bridgehead atoms. The number of rotatable bonds is 1. The van der Waals surface area contributed by atoms with Crippen LogP contribution in [0.2, 0.25) is 0 Å². The van der Waals surface area contributed by atoms with Gasteiger partial charge in [-0.3, -0.25) is 0 Å². The molecule has 2 rings (SSSR count). The Hall–Kier alpha value is -0.970. The van der Waals surface area contributed by atoms with Crippen LogP contribution >= 0.6 is 15.9 Å². The smallest absolute Gasteiger partial charge is 0.301 e. The Balaban J connectivity index is 2.69. The highest BCUT2D eigenvalue weighted by atomic mass is 79.9. The first-order valence-electron chi connectivity index (χ1n) is 4.01. The second-order valence-electron chi connectivity index (χ2n) is 3.11. The minimum Gasteiger partial charge on any atom is -0.337 e. The zero-order chi connectivity index (χ0) is 10.3. The summed E-state index contributed by atoms with van der Waals surface area (Å²) in [7, 11) is 0. The van der Waals surface area contributed by atoms with Crippen LogP contribution in [0.5, 0.6) is 0 Å². The molecule has 1 aromatic carbocycles. The Kier molecular flexibility index (Phi) is 2.06. The molecule has 1 N–H and O–H groups in total. The van der Waals surface area contributed by atoms with Gasteiger partial charge in [0.15, 0.2) is 5.82 Å². The molecule has 74 valence electrons. The van der Waals surface area contributed by atoms with E-state index in [1.165, 1.54) is 0 Å². The lowest BCUT2D eigenvalue weighted by Crippen LogP contribution is -2.08. The molecule has 2 nitrogen and oxygen atoms in total. The molecule has 14 heavy (non-hydrogen) atoms. The zero-order valence-electron chi connectivity index (χ0n) is 7.31. The predicted molar refractivity (Wildman–Crippen MR) is 53.4 cm³/mol. The molecule has 1 heterocycles. The summed E-state index contributed by atoms with van der Waals surface area (Å²) in [5.41, 5.74) is 1.14. The van der Waals surface area contributed by atoms with Crippen molar-refractivity contribution in [1.82, 2.24) is 9.97 Å². The van der Waals surface area contributed by atoms with Gasteiger partial charge in [0, 0.05) is 11.4 Å². The first-order chi connectivity index (χ1) is 6.48. The van der Waals surface area contributed by atoms with E-state index in [-0.39, 0.29) is 5.82 Å². The van der Waals surface area contributed by atoms with E-state index in [1.807, 2.05) is 0 Å². The van der Waals surface area contributed by atoms with Gasteiger partial charge in [0.25, 0.3) is 0 Å². The van der Waals surface area contributed by atoms with Crippen molar-refractivity contribution < 1.29 is 8.78 Å². The van der Waals surface area contributed by atoms with Crippen molar-refractivity contribution in [2.75, 3.05) is 0 Å². The Labute approximate surface area is 87.5 Å². The average molecular weight is 261 g/mol. The van der Waals surface area contributed by atoms with Crippen molar-refractivity contribution in [2.24, 2.45) is 0 Å². The summed E-state index contributed by atoms with van der Waals surface area (Å²) in [5, 5.41) is 0. The van der Waals surface area contributed by atoms with Gasteiger partial charge in [-0.1, -0.05) is 6.07 Å². The fourth-order valence-corrected chi connectivity index (χ4v) is 1.66. The van der Waals surface area contributed by atoms with Crippen LogP contribution in [0.3, 0.4) is 0 Å². The number of nitrogens with one attached hydrogen (secondary N) is 1. The van der Waals surface area contributed by atoms with Gasteiger partial charge < -0.3 is 4.98 Å². The minimum atomic E-state index is -2.93. The maximum Gasteiger partial charge on any atom is 0.301 e. The summed E-state index contributed by atoms with van der Waals surface area (Å²) in [6, 6.07) is 5.24. The molecule has 0 atom stereocenters.